The van der Waals surface area contributed by atoms with Gasteiger partial charge < -0.3 is 5.11 Å². The van der Waals surface area contributed by atoms with Crippen LogP contribution in [-0.2, 0) is 0 Å². The van der Waals surface area contributed by atoms with E-state index in [1.807, 2.05) is 44.2 Å². The van der Waals surface area contributed by atoms with E-state index in [4.69, 9.17) is 0 Å². The second-order valence-corrected chi connectivity index (χ2v) is 6.35. The van der Waals surface area contributed by atoms with Crippen molar-refractivity contribution in [2.24, 2.45) is 0 Å². The standard InChI is InChI=1S/C22H17N3O3/c1-14-3-7-16(8-4-14)9-12-18-19(13-23)21(26)25(24-20(18)22(27)28)17-10-5-15(2)6-11-17/h3-12H,1-2H3,(H,27,28)/b12-9-. The number of carboxylic acid groups (broad SMARTS) is 1. The third-order valence-corrected chi connectivity index (χ3v) is 4.24. The highest BCUT2D eigenvalue weighted by atomic mass is 16.4. The average Bonchev–Trinajstić information content (AvgIpc) is 2.68. The fourth-order valence-corrected chi connectivity index (χ4v) is 2.69. The molecule has 1 N–H and O–H groups in total. The van der Waals surface area contributed by atoms with E-state index in [9.17, 15) is 20.0 Å². The van der Waals surface area contributed by atoms with Gasteiger partial charge in [-0.05, 0) is 31.5 Å². The highest BCUT2D eigenvalue weighted by Gasteiger charge is 2.21. The molecule has 3 aromatic rings. The number of aromatic carboxylic acids is 1. The molecule has 0 unspecified atom stereocenters. The van der Waals surface area contributed by atoms with E-state index in [0.29, 0.717) is 5.69 Å². The summed E-state index contributed by atoms with van der Waals surface area (Å²) < 4.78 is 0.949. The molecule has 6 heteroatoms. The number of carbonyl (C=O) groups is 1. The number of hydrogen-bond donors (Lipinski definition) is 1. The molecular weight excluding hydrogens is 354 g/mol. The Hall–Kier alpha value is -3.98. The zero-order valence-electron chi connectivity index (χ0n) is 15.4. The lowest BCUT2D eigenvalue weighted by Gasteiger charge is -2.10. The highest BCUT2D eigenvalue weighted by Crippen LogP contribution is 2.16. The van der Waals surface area contributed by atoms with E-state index in [0.717, 1.165) is 21.4 Å². The first-order chi connectivity index (χ1) is 13.4. The molecule has 28 heavy (non-hydrogen) atoms. The van der Waals surface area contributed by atoms with Gasteiger partial charge in [0, 0.05) is 5.56 Å². The Bertz CT molecular complexity index is 1170. The van der Waals surface area contributed by atoms with Crippen molar-refractivity contribution in [2.45, 2.75) is 13.8 Å². The Morgan fingerprint density at radius 1 is 1.04 bits per heavy atom. The maximum Gasteiger partial charge on any atom is 0.357 e. The molecule has 1 heterocycles. The minimum absolute atomic E-state index is 0.0102. The van der Waals surface area contributed by atoms with E-state index in [2.05, 4.69) is 5.10 Å². The zero-order valence-corrected chi connectivity index (χ0v) is 15.4. The molecule has 0 radical (unpaired) electrons. The van der Waals surface area contributed by atoms with Crippen LogP contribution < -0.4 is 5.56 Å². The molecule has 0 spiro atoms. The van der Waals surface area contributed by atoms with Crippen molar-refractivity contribution in [1.82, 2.24) is 9.78 Å². The fraction of sp³-hybridized carbons (Fsp3) is 0.0909. The van der Waals surface area contributed by atoms with Gasteiger partial charge >= 0.3 is 5.97 Å². The third-order valence-electron chi connectivity index (χ3n) is 4.24. The van der Waals surface area contributed by atoms with Crippen LogP contribution >= 0.6 is 0 Å². The molecule has 0 aliphatic carbocycles. The smallest absolute Gasteiger partial charge is 0.357 e. The molecule has 0 aliphatic heterocycles. The van der Waals surface area contributed by atoms with Crippen molar-refractivity contribution >= 4 is 18.1 Å². The molecule has 0 bridgehead atoms. The van der Waals surface area contributed by atoms with Crippen LogP contribution in [0.3, 0.4) is 0 Å². The number of rotatable bonds is 4. The summed E-state index contributed by atoms with van der Waals surface area (Å²) in [7, 11) is 0. The zero-order chi connectivity index (χ0) is 20.3. The van der Waals surface area contributed by atoms with Crippen molar-refractivity contribution in [1.29, 1.82) is 5.26 Å². The Kier molecular flexibility index (Phi) is 5.18. The van der Waals surface area contributed by atoms with E-state index < -0.39 is 11.5 Å². The highest BCUT2D eigenvalue weighted by molar-refractivity contribution is 5.92. The Balaban J connectivity index is 2.20. The van der Waals surface area contributed by atoms with Crippen LogP contribution in [0.1, 0.15) is 38.3 Å². The molecule has 3 rings (SSSR count). The van der Waals surface area contributed by atoms with Gasteiger partial charge in [0.05, 0.1) is 5.69 Å². The van der Waals surface area contributed by atoms with Gasteiger partial charge in [-0.1, -0.05) is 59.7 Å². The van der Waals surface area contributed by atoms with Crippen molar-refractivity contribution in [3.8, 4) is 11.8 Å². The summed E-state index contributed by atoms with van der Waals surface area (Å²) >= 11 is 0. The third kappa shape index (κ3) is 3.74. The molecule has 0 fully saturated rings. The van der Waals surface area contributed by atoms with Crippen LogP contribution in [0.25, 0.3) is 17.8 Å². The number of nitriles is 1. The number of aryl methyl sites for hydroxylation is 2. The van der Waals surface area contributed by atoms with Gasteiger partial charge in [0.2, 0.25) is 0 Å². The lowest BCUT2D eigenvalue weighted by atomic mass is 10.1. The van der Waals surface area contributed by atoms with E-state index >= 15 is 0 Å². The van der Waals surface area contributed by atoms with Gasteiger partial charge in [0.1, 0.15) is 11.6 Å². The molecule has 1 aromatic heterocycles. The van der Waals surface area contributed by atoms with Gasteiger partial charge in [-0.3, -0.25) is 4.79 Å². The van der Waals surface area contributed by atoms with Gasteiger partial charge in [-0.2, -0.15) is 15.0 Å². The van der Waals surface area contributed by atoms with Crippen LogP contribution in [0.2, 0.25) is 0 Å². The Morgan fingerprint density at radius 3 is 2.14 bits per heavy atom. The summed E-state index contributed by atoms with van der Waals surface area (Å²) in [5.74, 6) is -1.32. The largest absolute Gasteiger partial charge is 0.476 e. The van der Waals surface area contributed by atoms with Crippen LogP contribution in [0.5, 0.6) is 0 Å². The summed E-state index contributed by atoms with van der Waals surface area (Å²) in [4.78, 5) is 24.6. The first-order valence-electron chi connectivity index (χ1n) is 8.53. The molecule has 0 atom stereocenters. The second-order valence-electron chi connectivity index (χ2n) is 6.35. The molecule has 0 saturated carbocycles. The van der Waals surface area contributed by atoms with Gasteiger partial charge in [-0.25, -0.2) is 4.79 Å². The Morgan fingerprint density at radius 2 is 1.61 bits per heavy atom. The lowest BCUT2D eigenvalue weighted by Crippen LogP contribution is -2.28. The minimum Gasteiger partial charge on any atom is -0.476 e. The summed E-state index contributed by atoms with van der Waals surface area (Å²) in [6.07, 6.45) is 3.10. The average molecular weight is 371 g/mol. The normalized spacial score (nSPS) is 10.8. The predicted octanol–water partition coefficient (Wildman–Crippen LogP) is 3.59. The second kappa shape index (κ2) is 7.72. The van der Waals surface area contributed by atoms with E-state index in [-0.39, 0.29) is 16.8 Å². The van der Waals surface area contributed by atoms with Gasteiger partial charge in [0.15, 0.2) is 5.69 Å². The summed E-state index contributed by atoms with van der Waals surface area (Å²) in [6.45, 7) is 3.85. The van der Waals surface area contributed by atoms with E-state index in [1.165, 1.54) is 6.08 Å². The SMILES string of the molecule is Cc1ccc(/C=C\c2c(C(=O)O)nn(-c3ccc(C)cc3)c(=O)c2C#N)cc1. The van der Waals surface area contributed by atoms with Crippen LogP contribution in [-0.4, -0.2) is 20.9 Å². The van der Waals surface area contributed by atoms with E-state index in [1.54, 1.807) is 30.3 Å². The number of nitrogens with zero attached hydrogens (tertiary/aromatic N) is 3. The quantitative estimate of drug-likeness (QED) is 0.756. The molecule has 0 saturated heterocycles. The molecule has 138 valence electrons. The van der Waals surface area contributed by atoms with Crippen LogP contribution in [0.4, 0.5) is 0 Å². The first kappa shape index (κ1) is 18.8. The molecule has 2 aromatic carbocycles. The van der Waals surface area contributed by atoms with Crippen molar-refractivity contribution in [2.75, 3.05) is 0 Å². The lowest BCUT2D eigenvalue weighted by molar-refractivity contribution is 0.0688. The number of carboxylic acids is 1. The minimum atomic E-state index is -1.32. The number of hydrogen-bond acceptors (Lipinski definition) is 4. The van der Waals surface area contributed by atoms with Crippen LogP contribution in [0, 0.1) is 25.2 Å². The summed E-state index contributed by atoms with van der Waals surface area (Å²) in [5.41, 5.74) is 1.97. The topological polar surface area (TPSA) is 96.0 Å². The molecule has 0 aliphatic rings. The maximum absolute atomic E-state index is 12.8. The first-order valence-corrected chi connectivity index (χ1v) is 8.53. The van der Waals surface area contributed by atoms with Crippen molar-refractivity contribution in [3.05, 3.63) is 92.4 Å². The van der Waals surface area contributed by atoms with Crippen LogP contribution in [0.15, 0.2) is 53.3 Å². The number of aromatic nitrogens is 2. The Labute approximate surface area is 161 Å². The molecule has 0 amide bonds. The predicted molar refractivity (Wildman–Crippen MR) is 106 cm³/mol. The van der Waals surface area contributed by atoms with Gasteiger partial charge in [0.25, 0.3) is 5.56 Å². The summed E-state index contributed by atoms with van der Waals surface area (Å²) in [5, 5.41) is 23.1. The fourth-order valence-electron chi connectivity index (χ4n) is 2.69. The molecular formula is C22H17N3O3. The summed E-state index contributed by atoms with van der Waals surface area (Å²) in [6, 6.07) is 16.2. The molecule has 6 nitrogen and oxygen atoms in total. The van der Waals surface area contributed by atoms with Crippen molar-refractivity contribution < 1.29 is 9.90 Å². The maximum atomic E-state index is 12.8. The van der Waals surface area contributed by atoms with Crippen molar-refractivity contribution in [3.63, 3.8) is 0 Å². The monoisotopic (exact) mass is 371 g/mol. The van der Waals surface area contributed by atoms with Gasteiger partial charge in [-0.15, -0.1) is 0 Å². The number of benzene rings is 2.